The van der Waals surface area contributed by atoms with E-state index in [1.807, 2.05) is 31.2 Å². The molecule has 31 heavy (non-hydrogen) atoms. The number of halogens is 3. The van der Waals surface area contributed by atoms with Gasteiger partial charge in [-0.2, -0.15) is 13.2 Å². The van der Waals surface area contributed by atoms with Gasteiger partial charge in [0.25, 0.3) is 0 Å². The smallest absolute Gasteiger partial charge is 0.416 e. The Morgan fingerprint density at radius 2 is 1.55 bits per heavy atom. The highest BCUT2D eigenvalue weighted by Gasteiger charge is 2.30. The van der Waals surface area contributed by atoms with Crippen molar-refractivity contribution in [1.29, 1.82) is 0 Å². The van der Waals surface area contributed by atoms with E-state index in [1.165, 1.54) is 6.07 Å². The first-order valence-corrected chi connectivity index (χ1v) is 10.8. The first kappa shape index (κ1) is 24.6. The molecule has 0 saturated heterocycles. The third-order valence-electron chi connectivity index (χ3n) is 4.77. The maximum Gasteiger partial charge on any atom is 0.416 e. The predicted molar refractivity (Wildman–Crippen MR) is 121 cm³/mol. The molecule has 0 heterocycles. The maximum absolute atomic E-state index is 12.9. The quantitative estimate of drug-likeness (QED) is 0.275. The number of unbranched alkanes of at least 4 members (excludes halogenated alkanes) is 2. The van der Waals surface area contributed by atoms with Crippen molar-refractivity contribution in [3.05, 3.63) is 65.2 Å². The minimum absolute atomic E-state index is 0.0677. The first-order valence-electron chi connectivity index (χ1n) is 10.8. The fraction of sp³-hybridized carbons (Fsp3) is 0.440. The summed E-state index contributed by atoms with van der Waals surface area (Å²) in [6.07, 6.45) is -0.129. The second-order valence-electron chi connectivity index (χ2n) is 7.42. The summed E-state index contributed by atoms with van der Waals surface area (Å²) < 4.78 is 44.3. The lowest BCUT2D eigenvalue weighted by Gasteiger charge is -2.11. The highest BCUT2D eigenvalue weighted by molar-refractivity contribution is 6.47. The standard InChI is InChI=1S/C25H31F3N2O/c1-4-6-15-29-19(3)24(30-16-7-5-2)21-11-13-23(14-12-21)31-18-20-9-8-10-22(17-20)25(26,27)28/h8-14,17H,4-7,15-16,18H2,1-3H3. The maximum atomic E-state index is 12.9. The van der Waals surface area contributed by atoms with Gasteiger partial charge >= 0.3 is 6.18 Å². The van der Waals surface area contributed by atoms with Gasteiger partial charge in [0.15, 0.2) is 0 Å². The summed E-state index contributed by atoms with van der Waals surface area (Å²) in [6.45, 7) is 7.86. The number of alkyl halides is 3. The van der Waals surface area contributed by atoms with Crippen molar-refractivity contribution >= 4 is 11.4 Å². The molecule has 0 unspecified atom stereocenters. The molecule has 0 radical (unpaired) electrons. The molecule has 2 rings (SSSR count). The van der Waals surface area contributed by atoms with E-state index in [0.29, 0.717) is 11.3 Å². The van der Waals surface area contributed by atoms with Gasteiger partial charge in [0.2, 0.25) is 0 Å². The molecule has 0 aliphatic rings. The average Bonchev–Trinajstić information content (AvgIpc) is 2.75. The molecule has 0 saturated carbocycles. The van der Waals surface area contributed by atoms with Gasteiger partial charge in [-0.15, -0.1) is 0 Å². The number of aliphatic imine (C=N–C) groups is 2. The molecule has 0 amide bonds. The average molecular weight is 433 g/mol. The minimum atomic E-state index is -4.36. The molecule has 168 valence electrons. The Labute approximate surface area is 183 Å². The van der Waals surface area contributed by atoms with Crippen LogP contribution in [0.15, 0.2) is 58.5 Å². The van der Waals surface area contributed by atoms with Gasteiger partial charge < -0.3 is 4.74 Å². The molecule has 0 aliphatic carbocycles. The zero-order valence-electron chi connectivity index (χ0n) is 18.5. The second-order valence-corrected chi connectivity index (χ2v) is 7.42. The monoisotopic (exact) mass is 432 g/mol. The summed E-state index contributed by atoms with van der Waals surface area (Å²) in [5, 5.41) is 0. The number of hydrogen-bond donors (Lipinski definition) is 0. The third-order valence-corrected chi connectivity index (χ3v) is 4.77. The van der Waals surface area contributed by atoms with Gasteiger partial charge in [-0.3, -0.25) is 9.98 Å². The van der Waals surface area contributed by atoms with Crippen LogP contribution < -0.4 is 4.74 Å². The molecular formula is C25H31F3N2O. The molecule has 0 fully saturated rings. The topological polar surface area (TPSA) is 34.0 Å². The van der Waals surface area contributed by atoms with E-state index in [-0.39, 0.29) is 6.61 Å². The number of benzene rings is 2. The number of rotatable bonds is 11. The SMILES string of the molecule is CCCCN=C(C)C(=NCCCC)c1ccc(OCc2cccc(C(F)(F)F)c2)cc1. The molecule has 3 nitrogen and oxygen atoms in total. The van der Waals surface area contributed by atoms with Gasteiger partial charge in [0.1, 0.15) is 12.4 Å². The van der Waals surface area contributed by atoms with Crippen LogP contribution >= 0.6 is 0 Å². The van der Waals surface area contributed by atoms with Crippen LogP contribution in [0.2, 0.25) is 0 Å². The van der Waals surface area contributed by atoms with Crippen molar-refractivity contribution in [3.8, 4) is 5.75 Å². The van der Waals surface area contributed by atoms with Crippen molar-refractivity contribution in [3.63, 3.8) is 0 Å². The molecule has 2 aromatic rings. The Morgan fingerprint density at radius 1 is 0.903 bits per heavy atom. The number of ether oxygens (including phenoxy) is 1. The van der Waals surface area contributed by atoms with Crippen LogP contribution in [0.25, 0.3) is 0 Å². The van der Waals surface area contributed by atoms with Crippen LogP contribution in [0, 0.1) is 0 Å². The zero-order chi connectivity index (χ0) is 22.7. The van der Waals surface area contributed by atoms with E-state index in [1.54, 1.807) is 6.07 Å². The van der Waals surface area contributed by atoms with E-state index >= 15 is 0 Å². The molecule has 0 spiro atoms. The van der Waals surface area contributed by atoms with Crippen molar-refractivity contribution in [1.82, 2.24) is 0 Å². The van der Waals surface area contributed by atoms with Crippen molar-refractivity contribution in [2.45, 2.75) is 59.2 Å². The lowest BCUT2D eigenvalue weighted by Crippen LogP contribution is -2.14. The predicted octanol–water partition coefficient (Wildman–Crippen LogP) is 7.13. The third kappa shape index (κ3) is 8.19. The van der Waals surface area contributed by atoms with E-state index in [0.717, 1.165) is 67.9 Å². The Balaban J connectivity index is 2.10. The van der Waals surface area contributed by atoms with Crippen LogP contribution in [0.3, 0.4) is 0 Å². The Kier molecular flexibility index (Phi) is 9.76. The summed E-state index contributed by atoms with van der Waals surface area (Å²) in [5.41, 5.74) is 2.56. The fourth-order valence-corrected chi connectivity index (χ4v) is 2.96. The van der Waals surface area contributed by atoms with Gasteiger partial charge in [0, 0.05) is 18.7 Å². The van der Waals surface area contributed by atoms with Gasteiger partial charge in [-0.25, -0.2) is 0 Å². The first-order chi connectivity index (χ1) is 14.8. The van der Waals surface area contributed by atoms with Crippen LogP contribution in [-0.2, 0) is 12.8 Å². The van der Waals surface area contributed by atoms with E-state index in [9.17, 15) is 13.2 Å². The second kappa shape index (κ2) is 12.3. The minimum Gasteiger partial charge on any atom is -0.489 e. The summed E-state index contributed by atoms with van der Waals surface area (Å²) in [7, 11) is 0. The van der Waals surface area contributed by atoms with E-state index < -0.39 is 11.7 Å². The lowest BCUT2D eigenvalue weighted by atomic mass is 10.1. The van der Waals surface area contributed by atoms with Crippen LogP contribution in [0.1, 0.15) is 63.1 Å². The molecule has 0 atom stereocenters. The number of hydrogen-bond acceptors (Lipinski definition) is 3. The molecule has 0 aromatic heterocycles. The molecule has 2 aromatic carbocycles. The van der Waals surface area contributed by atoms with Crippen LogP contribution in [0.4, 0.5) is 13.2 Å². The highest BCUT2D eigenvalue weighted by atomic mass is 19.4. The van der Waals surface area contributed by atoms with Gasteiger partial charge in [0.05, 0.1) is 17.0 Å². The summed E-state index contributed by atoms with van der Waals surface area (Å²) in [5.74, 6) is 0.592. The van der Waals surface area contributed by atoms with Crippen molar-refractivity contribution in [2.24, 2.45) is 9.98 Å². The summed E-state index contributed by atoms with van der Waals surface area (Å²) in [6, 6.07) is 12.7. The summed E-state index contributed by atoms with van der Waals surface area (Å²) in [4.78, 5) is 9.42. The largest absolute Gasteiger partial charge is 0.489 e. The van der Waals surface area contributed by atoms with Gasteiger partial charge in [-0.05, 0) is 61.7 Å². The molecule has 0 aliphatic heterocycles. The van der Waals surface area contributed by atoms with Crippen LogP contribution in [0.5, 0.6) is 5.75 Å². The Morgan fingerprint density at radius 3 is 2.16 bits per heavy atom. The molecule has 6 heteroatoms. The normalized spacial score (nSPS) is 12.8. The van der Waals surface area contributed by atoms with Crippen LogP contribution in [-0.4, -0.2) is 24.5 Å². The highest BCUT2D eigenvalue weighted by Crippen LogP contribution is 2.29. The van der Waals surface area contributed by atoms with E-state index in [2.05, 4.69) is 18.8 Å². The van der Waals surface area contributed by atoms with Crippen molar-refractivity contribution < 1.29 is 17.9 Å². The summed E-state index contributed by atoms with van der Waals surface area (Å²) >= 11 is 0. The lowest BCUT2D eigenvalue weighted by molar-refractivity contribution is -0.137. The van der Waals surface area contributed by atoms with Crippen molar-refractivity contribution in [2.75, 3.05) is 13.1 Å². The van der Waals surface area contributed by atoms with E-state index in [4.69, 9.17) is 9.73 Å². The molecule has 0 bridgehead atoms. The van der Waals surface area contributed by atoms with Gasteiger partial charge in [-0.1, -0.05) is 38.8 Å². The number of nitrogens with zero attached hydrogens (tertiary/aromatic N) is 2. The Bertz CT molecular complexity index is 871. The Hall–Kier alpha value is -2.63. The zero-order valence-corrected chi connectivity index (χ0v) is 18.5. The molecular weight excluding hydrogens is 401 g/mol. The molecule has 0 N–H and O–H groups in total. The fourth-order valence-electron chi connectivity index (χ4n) is 2.96.